The van der Waals surface area contributed by atoms with Crippen LogP contribution in [-0.4, -0.2) is 58.8 Å². The third-order valence-corrected chi connectivity index (χ3v) is 7.46. The quantitative estimate of drug-likeness (QED) is 0.518. The van der Waals surface area contributed by atoms with Gasteiger partial charge in [0.25, 0.3) is 5.91 Å². The van der Waals surface area contributed by atoms with Crippen molar-refractivity contribution in [1.29, 1.82) is 0 Å². The van der Waals surface area contributed by atoms with Crippen molar-refractivity contribution in [3.8, 4) is 5.75 Å². The minimum absolute atomic E-state index is 0.0723. The number of phenols is 1. The molecule has 2 fully saturated rings. The molecule has 1 aromatic heterocycles. The van der Waals surface area contributed by atoms with Gasteiger partial charge in [-0.15, -0.1) is 0 Å². The Bertz CT molecular complexity index is 1420. The van der Waals surface area contributed by atoms with E-state index in [1.165, 1.54) is 29.3 Å². The van der Waals surface area contributed by atoms with Crippen LogP contribution in [0, 0.1) is 0 Å². The van der Waals surface area contributed by atoms with Crippen LogP contribution >= 0.6 is 0 Å². The van der Waals surface area contributed by atoms with E-state index < -0.39 is 11.3 Å². The summed E-state index contributed by atoms with van der Waals surface area (Å²) in [6.45, 7) is 2.38. The van der Waals surface area contributed by atoms with Crippen molar-refractivity contribution in [1.82, 2.24) is 15.1 Å². The summed E-state index contributed by atoms with van der Waals surface area (Å²) in [6.07, 6.45) is 4.24. The molecule has 0 atom stereocenters. The minimum atomic E-state index is -0.651. The maximum Gasteiger partial charge on any atom is 0.287 e. The molecule has 3 amide bonds. The summed E-state index contributed by atoms with van der Waals surface area (Å²) in [5.74, 6) is -0.592. The van der Waals surface area contributed by atoms with Gasteiger partial charge in [0.2, 0.25) is 11.8 Å². The van der Waals surface area contributed by atoms with E-state index in [0.717, 1.165) is 38.3 Å². The van der Waals surface area contributed by atoms with E-state index in [1.54, 1.807) is 4.90 Å². The van der Waals surface area contributed by atoms with Gasteiger partial charge in [-0.3, -0.25) is 19.2 Å². The molecule has 2 aliphatic heterocycles. The van der Waals surface area contributed by atoms with Crippen LogP contribution < -0.4 is 10.7 Å². The highest BCUT2D eigenvalue weighted by molar-refractivity contribution is 5.95. The van der Waals surface area contributed by atoms with E-state index in [-0.39, 0.29) is 40.8 Å². The number of carbonyl (C=O) groups is 3. The maximum atomic E-state index is 12.8. The van der Waals surface area contributed by atoms with Crippen LogP contribution in [0.1, 0.15) is 59.7 Å². The van der Waals surface area contributed by atoms with Crippen LogP contribution in [0.5, 0.6) is 5.75 Å². The van der Waals surface area contributed by atoms with Gasteiger partial charge < -0.3 is 24.6 Å². The number of fused-ring (bicyclic) bond motifs is 1. The molecule has 2 N–H and O–H groups in total. The number of nitrogens with one attached hydrogen (secondary N) is 1. The Kier molecular flexibility index (Phi) is 7.44. The predicted molar refractivity (Wildman–Crippen MR) is 141 cm³/mol. The van der Waals surface area contributed by atoms with Crippen LogP contribution in [-0.2, 0) is 16.1 Å². The smallest absolute Gasteiger partial charge is 0.287 e. The lowest BCUT2D eigenvalue weighted by atomic mass is 9.86. The number of nitrogens with zero attached hydrogens (tertiary/aromatic N) is 2. The number of carbonyl (C=O) groups excluding carboxylic acids is 3. The van der Waals surface area contributed by atoms with Crippen molar-refractivity contribution >= 4 is 28.7 Å². The molecule has 0 bridgehead atoms. The van der Waals surface area contributed by atoms with E-state index in [2.05, 4.69) is 17.4 Å². The first-order valence-corrected chi connectivity index (χ1v) is 13.1. The topological polar surface area (TPSA) is 120 Å². The second kappa shape index (κ2) is 11.1. The van der Waals surface area contributed by atoms with E-state index in [4.69, 9.17) is 4.42 Å². The monoisotopic (exact) mass is 517 g/mol. The molecule has 198 valence electrons. The van der Waals surface area contributed by atoms with Crippen molar-refractivity contribution in [3.63, 3.8) is 0 Å². The largest absolute Gasteiger partial charge is 0.508 e. The molecule has 0 radical (unpaired) electrons. The molecule has 2 aliphatic rings. The molecule has 0 unspecified atom stereocenters. The molecule has 0 spiro atoms. The second-order valence-corrected chi connectivity index (χ2v) is 9.96. The fourth-order valence-corrected chi connectivity index (χ4v) is 5.36. The van der Waals surface area contributed by atoms with Gasteiger partial charge in [0.15, 0.2) is 11.2 Å². The molecule has 0 saturated carbocycles. The minimum Gasteiger partial charge on any atom is -0.508 e. The number of phenolic OH excluding ortho intramolecular Hbond substituents is 1. The van der Waals surface area contributed by atoms with E-state index in [1.807, 2.05) is 17.0 Å². The molecular weight excluding hydrogens is 486 g/mol. The zero-order valence-corrected chi connectivity index (χ0v) is 21.2. The summed E-state index contributed by atoms with van der Waals surface area (Å²) in [6, 6.07) is 13.4. The van der Waals surface area contributed by atoms with Gasteiger partial charge >= 0.3 is 0 Å². The Labute approximate surface area is 220 Å². The van der Waals surface area contributed by atoms with Crippen molar-refractivity contribution in [2.75, 3.05) is 26.2 Å². The van der Waals surface area contributed by atoms with Gasteiger partial charge in [-0.25, -0.2) is 0 Å². The molecule has 2 aromatic carbocycles. The van der Waals surface area contributed by atoms with Crippen LogP contribution in [0.4, 0.5) is 0 Å². The number of likely N-dealkylation sites (tertiary alicyclic amines) is 2. The zero-order valence-electron chi connectivity index (χ0n) is 21.2. The Morgan fingerprint density at radius 3 is 2.58 bits per heavy atom. The first kappa shape index (κ1) is 25.5. The summed E-state index contributed by atoms with van der Waals surface area (Å²) < 4.78 is 5.50. The lowest BCUT2D eigenvalue weighted by Crippen LogP contribution is -2.44. The Hall–Kier alpha value is -4.14. The van der Waals surface area contributed by atoms with Crippen LogP contribution in [0.15, 0.2) is 57.7 Å². The number of hydrogen-bond donors (Lipinski definition) is 2. The van der Waals surface area contributed by atoms with Crippen LogP contribution in [0.2, 0.25) is 0 Å². The van der Waals surface area contributed by atoms with E-state index in [9.17, 15) is 24.3 Å². The van der Waals surface area contributed by atoms with Gasteiger partial charge in [0, 0.05) is 38.7 Å². The average molecular weight is 518 g/mol. The molecule has 9 heteroatoms. The lowest BCUT2D eigenvalue weighted by molar-refractivity contribution is -0.134. The molecular formula is C29H31N3O6. The Morgan fingerprint density at radius 1 is 1.00 bits per heavy atom. The standard InChI is InChI=1S/C29H31N3O6/c33-21-8-9-25-23(15-21)24(34)16-26(38-25)29(37)30-17-28(36)31-13-10-19(11-14-31)22-6-2-1-5-20(22)18-32-12-4-3-7-27(32)35/h1-2,5-6,8-9,15-16,19,33H,3-4,7,10-14,17-18H2,(H,30,37). The molecule has 9 nitrogen and oxygen atoms in total. The zero-order chi connectivity index (χ0) is 26.6. The average Bonchev–Trinajstić information content (AvgIpc) is 2.93. The van der Waals surface area contributed by atoms with Crippen molar-refractivity contribution in [2.45, 2.75) is 44.6 Å². The number of rotatable bonds is 6. The second-order valence-electron chi connectivity index (χ2n) is 9.96. The fraction of sp³-hybridized carbons (Fsp3) is 0.379. The first-order valence-electron chi connectivity index (χ1n) is 13.1. The number of amides is 3. The summed E-state index contributed by atoms with van der Waals surface area (Å²) >= 11 is 0. The first-order chi connectivity index (χ1) is 18.4. The van der Waals surface area contributed by atoms with Crippen molar-refractivity contribution < 1.29 is 23.9 Å². The molecule has 3 heterocycles. The summed E-state index contributed by atoms with van der Waals surface area (Å²) in [7, 11) is 0. The number of piperidine rings is 2. The Balaban J connectivity index is 1.16. The van der Waals surface area contributed by atoms with Gasteiger partial charge in [-0.1, -0.05) is 24.3 Å². The van der Waals surface area contributed by atoms with Gasteiger partial charge in [0.1, 0.15) is 11.3 Å². The number of hydrogen-bond acceptors (Lipinski definition) is 6. The number of aromatic hydroxyl groups is 1. The van der Waals surface area contributed by atoms with Gasteiger partial charge in [-0.2, -0.15) is 0 Å². The molecule has 5 rings (SSSR count). The maximum absolute atomic E-state index is 12.8. The van der Waals surface area contributed by atoms with Gasteiger partial charge in [0.05, 0.1) is 11.9 Å². The molecule has 38 heavy (non-hydrogen) atoms. The van der Waals surface area contributed by atoms with E-state index >= 15 is 0 Å². The summed E-state index contributed by atoms with van der Waals surface area (Å²) in [5.41, 5.74) is 2.14. The predicted octanol–water partition coefficient (Wildman–Crippen LogP) is 3.15. The van der Waals surface area contributed by atoms with Crippen molar-refractivity contribution in [3.05, 3.63) is 75.6 Å². The summed E-state index contributed by atoms with van der Waals surface area (Å²) in [4.78, 5) is 53.7. The highest BCUT2D eigenvalue weighted by Crippen LogP contribution is 2.31. The van der Waals surface area contributed by atoms with Crippen molar-refractivity contribution in [2.24, 2.45) is 0 Å². The molecule has 0 aliphatic carbocycles. The van der Waals surface area contributed by atoms with Gasteiger partial charge in [-0.05, 0) is 60.9 Å². The highest BCUT2D eigenvalue weighted by atomic mass is 16.3. The van der Waals surface area contributed by atoms with Crippen LogP contribution in [0.3, 0.4) is 0 Å². The SMILES string of the molecule is O=C(NCC(=O)N1CCC(c2ccccc2CN2CCCCC2=O)CC1)c1cc(=O)c2cc(O)ccc2o1. The normalized spacial score (nSPS) is 16.6. The fourth-order valence-electron chi connectivity index (χ4n) is 5.36. The van der Waals surface area contributed by atoms with Crippen LogP contribution in [0.25, 0.3) is 11.0 Å². The Morgan fingerprint density at radius 2 is 1.79 bits per heavy atom. The third-order valence-electron chi connectivity index (χ3n) is 7.46. The number of benzene rings is 2. The lowest BCUT2D eigenvalue weighted by Gasteiger charge is -2.34. The third kappa shape index (κ3) is 5.56. The molecule has 3 aromatic rings. The highest BCUT2D eigenvalue weighted by Gasteiger charge is 2.27. The van der Waals surface area contributed by atoms with E-state index in [0.29, 0.717) is 32.0 Å². The summed E-state index contributed by atoms with van der Waals surface area (Å²) in [5, 5.41) is 12.3. The molecule has 2 saturated heterocycles.